The van der Waals surface area contributed by atoms with E-state index in [1.165, 1.54) is 0 Å². The summed E-state index contributed by atoms with van der Waals surface area (Å²) < 4.78 is 28.8. The van der Waals surface area contributed by atoms with Crippen LogP contribution in [-0.4, -0.2) is 61.7 Å². The molecule has 0 unspecified atom stereocenters. The number of alkyl halides is 2. The molecule has 2 saturated heterocycles. The Morgan fingerprint density at radius 2 is 2.09 bits per heavy atom. The van der Waals surface area contributed by atoms with Gasteiger partial charge in [-0.05, 0) is 27.2 Å². The maximum Gasteiger partial charge on any atom is 0.249 e. The lowest BCUT2D eigenvalue weighted by Gasteiger charge is -2.36. The van der Waals surface area contributed by atoms with Crippen molar-refractivity contribution in [3.8, 4) is 0 Å². The molecule has 4 heterocycles. The number of carbonyl (C=O) groups is 2. The van der Waals surface area contributed by atoms with Crippen LogP contribution < -0.4 is 0 Å². The summed E-state index contributed by atoms with van der Waals surface area (Å²) in [5, 5.41) is 2.93. The first-order valence-corrected chi connectivity index (χ1v) is 12.4. The van der Waals surface area contributed by atoms with Gasteiger partial charge in [0.1, 0.15) is 0 Å². The van der Waals surface area contributed by atoms with Crippen LogP contribution in [0.15, 0.2) is 17.9 Å². The third kappa shape index (κ3) is 3.86. The van der Waals surface area contributed by atoms with Gasteiger partial charge < -0.3 is 14.4 Å². The highest BCUT2D eigenvalue weighted by Gasteiger charge is 2.60. The fourth-order valence-electron chi connectivity index (χ4n) is 5.52. The van der Waals surface area contributed by atoms with E-state index in [9.17, 15) is 18.4 Å². The third-order valence-corrected chi connectivity index (χ3v) is 8.25. The number of aromatic nitrogens is 3. The maximum atomic E-state index is 13.8. The van der Waals surface area contributed by atoms with Gasteiger partial charge in [-0.25, -0.2) is 18.7 Å². The highest BCUT2D eigenvalue weighted by atomic mass is 32.1. The molecule has 3 fully saturated rings. The Kier molecular flexibility index (Phi) is 5.34. The second kappa shape index (κ2) is 7.85. The number of halogens is 2. The Bertz CT molecular complexity index is 1070. The molecule has 10 heteroatoms. The van der Waals surface area contributed by atoms with Crippen LogP contribution in [0.4, 0.5) is 8.78 Å². The Hall–Kier alpha value is -2.36. The number of imidazole rings is 1. The number of aryl methyl sites for hydroxylation is 1. The number of hydrogen-bond acceptors (Lipinski definition) is 5. The third-order valence-electron chi connectivity index (χ3n) is 7.43. The van der Waals surface area contributed by atoms with Crippen molar-refractivity contribution in [3.05, 3.63) is 34.3 Å². The number of rotatable bonds is 5. The standard InChI is InChI=1S/C23H29F2N5O2S/c1-14(2)30-10-19(26-13-30)18-9-29(20(31)16-6-23(24,25)7-16)12-22(18)4-5-28(21(22)32)8-17-11-33-15(3)27-17/h10-11,13-14,16,18H,4-9,12H2,1-3H3/t18-,22-/m1/s1. The molecule has 1 aliphatic carbocycles. The fraction of sp³-hybridized carbons (Fsp3) is 0.652. The van der Waals surface area contributed by atoms with Gasteiger partial charge in [-0.1, -0.05) is 0 Å². The summed E-state index contributed by atoms with van der Waals surface area (Å²) in [6, 6.07) is 0.224. The van der Waals surface area contributed by atoms with E-state index in [-0.39, 0.29) is 30.3 Å². The molecule has 2 aliphatic heterocycles. The molecule has 1 saturated carbocycles. The number of thiazole rings is 1. The van der Waals surface area contributed by atoms with Crippen LogP contribution in [0.25, 0.3) is 0 Å². The number of hydrogen-bond donors (Lipinski definition) is 0. The minimum atomic E-state index is -2.75. The van der Waals surface area contributed by atoms with Crippen LogP contribution in [0.3, 0.4) is 0 Å². The van der Waals surface area contributed by atoms with Crippen LogP contribution in [0, 0.1) is 18.3 Å². The molecule has 3 aliphatic rings. The fourth-order valence-corrected chi connectivity index (χ4v) is 6.12. The molecular formula is C23H29F2N5O2S. The molecule has 2 aromatic rings. The van der Waals surface area contributed by atoms with Crippen molar-refractivity contribution >= 4 is 23.2 Å². The summed E-state index contributed by atoms with van der Waals surface area (Å²) >= 11 is 1.56. The summed E-state index contributed by atoms with van der Waals surface area (Å²) in [6.07, 6.45) is 3.54. The Balaban J connectivity index is 1.42. The average molecular weight is 478 g/mol. The minimum Gasteiger partial charge on any atom is -0.341 e. The van der Waals surface area contributed by atoms with Crippen molar-refractivity contribution in [1.29, 1.82) is 0 Å². The molecular weight excluding hydrogens is 448 g/mol. The number of likely N-dealkylation sites (tertiary alicyclic amines) is 2. The highest BCUT2D eigenvalue weighted by molar-refractivity contribution is 7.09. The van der Waals surface area contributed by atoms with E-state index < -0.39 is 30.1 Å². The average Bonchev–Trinajstić information content (AvgIpc) is 3.50. The van der Waals surface area contributed by atoms with Crippen LogP contribution in [0.1, 0.15) is 61.5 Å². The summed E-state index contributed by atoms with van der Waals surface area (Å²) in [5.41, 5.74) is 0.882. The van der Waals surface area contributed by atoms with Crippen molar-refractivity contribution in [2.24, 2.45) is 11.3 Å². The molecule has 0 N–H and O–H groups in total. The van der Waals surface area contributed by atoms with Crippen LogP contribution in [0.5, 0.6) is 0 Å². The predicted octanol–water partition coefficient (Wildman–Crippen LogP) is 3.62. The molecule has 178 valence electrons. The molecule has 2 aromatic heterocycles. The minimum absolute atomic E-state index is 0.00601. The lowest BCUT2D eigenvalue weighted by Crippen LogP contribution is -2.47. The van der Waals surface area contributed by atoms with Gasteiger partial charge >= 0.3 is 0 Å². The van der Waals surface area contributed by atoms with Crippen LogP contribution >= 0.6 is 11.3 Å². The summed E-state index contributed by atoms with van der Waals surface area (Å²) in [7, 11) is 0. The zero-order valence-electron chi connectivity index (χ0n) is 19.1. The molecule has 2 atom stereocenters. The molecule has 0 radical (unpaired) electrons. The normalized spacial score (nSPS) is 27.2. The lowest BCUT2D eigenvalue weighted by molar-refractivity contribution is -0.159. The van der Waals surface area contributed by atoms with Gasteiger partial charge in [0.2, 0.25) is 17.7 Å². The molecule has 0 aromatic carbocycles. The highest BCUT2D eigenvalue weighted by Crippen LogP contribution is 2.51. The van der Waals surface area contributed by atoms with E-state index >= 15 is 0 Å². The van der Waals surface area contributed by atoms with Gasteiger partial charge in [0.15, 0.2) is 0 Å². The number of nitrogens with zero attached hydrogens (tertiary/aromatic N) is 5. The Morgan fingerprint density at radius 3 is 2.70 bits per heavy atom. The topological polar surface area (TPSA) is 71.3 Å². The number of carbonyl (C=O) groups excluding carboxylic acids is 2. The van der Waals surface area contributed by atoms with Crippen molar-refractivity contribution in [3.63, 3.8) is 0 Å². The van der Waals surface area contributed by atoms with Gasteiger partial charge in [0, 0.05) is 61.9 Å². The molecule has 5 rings (SSSR count). The zero-order valence-corrected chi connectivity index (χ0v) is 19.9. The first kappa shape index (κ1) is 22.4. The SMILES string of the molecule is Cc1nc(CN2CC[C@]3(CN(C(=O)C4CC(F)(F)C4)C[C@@H]3c3cn(C(C)C)cn3)C2=O)cs1. The van der Waals surface area contributed by atoms with E-state index in [0.717, 1.165) is 16.4 Å². The first-order chi connectivity index (χ1) is 15.6. The molecule has 33 heavy (non-hydrogen) atoms. The quantitative estimate of drug-likeness (QED) is 0.660. The van der Waals surface area contributed by atoms with E-state index in [2.05, 4.69) is 23.8 Å². The second-order valence-corrected chi connectivity index (χ2v) is 11.1. The summed E-state index contributed by atoms with van der Waals surface area (Å²) in [6.45, 7) is 7.68. The van der Waals surface area contributed by atoms with Gasteiger partial charge in [0.05, 0.1) is 34.7 Å². The number of amides is 2. The molecule has 1 spiro atoms. The zero-order chi connectivity index (χ0) is 23.5. The van der Waals surface area contributed by atoms with Crippen molar-refractivity contribution in [1.82, 2.24) is 24.3 Å². The largest absolute Gasteiger partial charge is 0.341 e. The Labute approximate surface area is 195 Å². The van der Waals surface area contributed by atoms with E-state index in [4.69, 9.17) is 0 Å². The maximum absolute atomic E-state index is 13.8. The molecule has 7 nitrogen and oxygen atoms in total. The van der Waals surface area contributed by atoms with Gasteiger partial charge in [-0.3, -0.25) is 9.59 Å². The summed E-state index contributed by atoms with van der Waals surface area (Å²) in [5.74, 6) is -3.91. The second-order valence-electron chi connectivity index (χ2n) is 10.1. The van der Waals surface area contributed by atoms with Crippen molar-refractivity contribution in [2.45, 2.75) is 64.5 Å². The van der Waals surface area contributed by atoms with E-state index in [1.54, 1.807) is 22.6 Å². The Morgan fingerprint density at radius 1 is 1.33 bits per heavy atom. The molecule has 0 bridgehead atoms. The molecule has 2 amide bonds. The summed E-state index contributed by atoms with van der Waals surface area (Å²) in [4.78, 5) is 39.4. The smallest absolute Gasteiger partial charge is 0.249 e. The lowest BCUT2D eigenvalue weighted by atomic mass is 9.75. The monoisotopic (exact) mass is 477 g/mol. The predicted molar refractivity (Wildman–Crippen MR) is 119 cm³/mol. The van der Waals surface area contributed by atoms with Crippen LogP contribution in [-0.2, 0) is 16.1 Å². The van der Waals surface area contributed by atoms with Crippen molar-refractivity contribution < 1.29 is 18.4 Å². The first-order valence-electron chi connectivity index (χ1n) is 11.5. The van der Waals surface area contributed by atoms with Gasteiger partial charge in [-0.2, -0.15) is 0 Å². The van der Waals surface area contributed by atoms with Crippen LogP contribution in [0.2, 0.25) is 0 Å². The van der Waals surface area contributed by atoms with Crippen molar-refractivity contribution in [2.75, 3.05) is 19.6 Å². The van der Waals surface area contributed by atoms with Gasteiger partial charge in [-0.15, -0.1) is 11.3 Å². The van der Waals surface area contributed by atoms with E-state index in [1.807, 2.05) is 28.0 Å². The van der Waals surface area contributed by atoms with Gasteiger partial charge in [0.25, 0.3) is 0 Å². The van der Waals surface area contributed by atoms with E-state index in [0.29, 0.717) is 26.1 Å².